The minimum atomic E-state index is -0.603. The van der Waals surface area contributed by atoms with Crippen LogP contribution in [0.3, 0.4) is 0 Å². The largest absolute Gasteiger partial charge is 0.456 e. The number of benzene rings is 3. The first-order valence-corrected chi connectivity index (χ1v) is 9.06. The zero-order valence-corrected chi connectivity index (χ0v) is 15.6. The van der Waals surface area contributed by atoms with Crippen LogP contribution < -0.4 is 0 Å². The summed E-state index contributed by atoms with van der Waals surface area (Å²) in [6.07, 6.45) is 0.853. The molecule has 0 aromatic heterocycles. The molecule has 0 heterocycles. The van der Waals surface area contributed by atoms with Crippen molar-refractivity contribution in [2.75, 3.05) is 0 Å². The maximum Gasteiger partial charge on any atom is 0.356 e. The van der Waals surface area contributed by atoms with Crippen molar-refractivity contribution in [3.63, 3.8) is 0 Å². The van der Waals surface area contributed by atoms with E-state index < -0.39 is 5.97 Å². The van der Waals surface area contributed by atoms with E-state index in [-0.39, 0.29) is 12.3 Å². The average Bonchev–Trinajstić information content (AvgIpc) is 2.69. The van der Waals surface area contributed by atoms with Gasteiger partial charge in [0.05, 0.1) is 0 Å². The summed E-state index contributed by atoms with van der Waals surface area (Å²) in [7, 11) is 0. The third kappa shape index (κ3) is 4.29. The van der Waals surface area contributed by atoms with Crippen LogP contribution in [0.15, 0.2) is 76.4 Å². The number of hydrogen-bond acceptors (Lipinski definition) is 4. The summed E-state index contributed by atoms with van der Waals surface area (Å²) < 4.78 is 6.22. The zero-order chi connectivity index (χ0) is 18.4. The molecule has 3 aromatic rings. The van der Waals surface area contributed by atoms with Gasteiger partial charge in [0.1, 0.15) is 6.61 Å². The van der Waals surface area contributed by atoms with Gasteiger partial charge in [0.25, 0.3) is 0 Å². The maximum absolute atomic E-state index is 12.1. The molecule has 132 valence electrons. The van der Waals surface area contributed by atoms with E-state index in [1.165, 1.54) is 0 Å². The minimum absolute atomic E-state index is 0.0148. The number of hydrogen-bond donors (Lipinski definition) is 1. The normalized spacial score (nSPS) is 11.5. The van der Waals surface area contributed by atoms with Crippen LogP contribution in [0.4, 0.5) is 0 Å². The lowest BCUT2D eigenvalue weighted by atomic mass is 10.0. The number of halogens is 1. The highest BCUT2D eigenvalue weighted by Gasteiger charge is 2.15. The standard InChI is InChI=1S/C21H18BrNO3/c22-20-17(11-10-16-8-4-5-9-18(16)20)12-13-19(23-25)21(24)26-14-15-6-2-1-3-7-15/h1-11,25H,12-14H2/b23-19+. The van der Waals surface area contributed by atoms with E-state index in [1.54, 1.807) is 0 Å². The fraction of sp³-hybridized carbons (Fsp3) is 0.143. The number of rotatable bonds is 6. The molecule has 4 nitrogen and oxygen atoms in total. The first-order chi connectivity index (χ1) is 12.7. The fourth-order valence-electron chi connectivity index (χ4n) is 2.72. The first kappa shape index (κ1) is 18.1. The second kappa shape index (κ2) is 8.63. The molecule has 26 heavy (non-hydrogen) atoms. The molecule has 0 amide bonds. The van der Waals surface area contributed by atoms with Gasteiger partial charge < -0.3 is 9.94 Å². The van der Waals surface area contributed by atoms with Crippen molar-refractivity contribution in [1.82, 2.24) is 0 Å². The molecular weight excluding hydrogens is 394 g/mol. The number of aryl methyl sites for hydroxylation is 1. The quantitative estimate of drug-likeness (QED) is 0.265. The third-order valence-corrected chi connectivity index (χ3v) is 5.08. The molecule has 0 unspecified atom stereocenters. The van der Waals surface area contributed by atoms with E-state index in [4.69, 9.17) is 4.74 Å². The summed E-state index contributed by atoms with van der Waals surface area (Å²) in [5, 5.41) is 14.6. The Morgan fingerprint density at radius 3 is 2.50 bits per heavy atom. The number of oxime groups is 1. The first-order valence-electron chi connectivity index (χ1n) is 8.27. The van der Waals surface area contributed by atoms with Crippen LogP contribution in [-0.2, 0) is 22.6 Å². The Kier molecular flexibility index (Phi) is 6.02. The van der Waals surface area contributed by atoms with Gasteiger partial charge in [-0.05, 0) is 44.3 Å². The number of carbonyl (C=O) groups excluding carboxylic acids is 1. The van der Waals surface area contributed by atoms with Crippen molar-refractivity contribution in [3.8, 4) is 0 Å². The fourth-order valence-corrected chi connectivity index (χ4v) is 3.42. The van der Waals surface area contributed by atoms with Gasteiger partial charge in [0, 0.05) is 10.9 Å². The maximum atomic E-state index is 12.1. The van der Waals surface area contributed by atoms with Crippen molar-refractivity contribution in [1.29, 1.82) is 0 Å². The summed E-state index contributed by atoms with van der Waals surface area (Å²) in [6.45, 7) is 0.151. The lowest BCUT2D eigenvalue weighted by molar-refractivity contribution is -0.137. The minimum Gasteiger partial charge on any atom is -0.456 e. The summed E-state index contributed by atoms with van der Waals surface area (Å²) in [5.41, 5.74) is 1.94. The Morgan fingerprint density at radius 1 is 1.00 bits per heavy atom. The number of fused-ring (bicyclic) bond motifs is 1. The van der Waals surface area contributed by atoms with Gasteiger partial charge in [-0.2, -0.15) is 0 Å². The van der Waals surface area contributed by atoms with Gasteiger partial charge in [0.2, 0.25) is 0 Å². The molecule has 5 heteroatoms. The van der Waals surface area contributed by atoms with Crippen molar-refractivity contribution >= 4 is 38.4 Å². The lowest BCUT2D eigenvalue weighted by Crippen LogP contribution is -2.18. The molecule has 0 spiro atoms. The Balaban J connectivity index is 1.64. The zero-order valence-electron chi connectivity index (χ0n) is 14.1. The van der Waals surface area contributed by atoms with Gasteiger partial charge in [0.15, 0.2) is 5.71 Å². The number of ether oxygens (including phenoxy) is 1. The van der Waals surface area contributed by atoms with Gasteiger partial charge in [-0.3, -0.25) is 0 Å². The Hall–Kier alpha value is -2.66. The highest BCUT2D eigenvalue weighted by atomic mass is 79.9. The Labute approximate surface area is 160 Å². The average molecular weight is 412 g/mol. The molecule has 1 N–H and O–H groups in total. The van der Waals surface area contributed by atoms with Crippen LogP contribution in [0, 0.1) is 0 Å². The van der Waals surface area contributed by atoms with Crippen molar-refractivity contribution in [3.05, 3.63) is 82.3 Å². The van der Waals surface area contributed by atoms with Crippen LogP contribution in [0.5, 0.6) is 0 Å². The van der Waals surface area contributed by atoms with Gasteiger partial charge in [-0.1, -0.05) is 71.9 Å². The van der Waals surface area contributed by atoms with Gasteiger partial charge in [-0.15, -0.1) is 0 Å². The smallest absolute Gasteiger partial charge is 0.356 e. The summed E-state index contributed by atoms with van der Waals surface area (Å²) >= 11 is 3.63. The summed E-state index contributed by atoms with van der Waals surface area (Å²) in [5.74, 6) is -0.603. The number of carbonyl (C=O) groups is 1. The molecule has 0 saturated heterocycles. The molecule has 3 rings (SSSR count). The topological polar surface area (TPSA) is 58.9 Å². The predicted molar refractivity (Wildman–Crippen MR) is 105 cm³/mol. The van der Waals surface area contributed by atoms with Gasteiger partial charge >= 0.3 is 5.97 Å². The molecular formula is C21H18BrNO3. The summed E-state index contributed by atoms with van der Waals surface area (Å²) in [4.78, 5) is 12.1. The van der Waals surface area contributed by atoms with E-state index in [0.717, 1.165) is 26.4 Å². The molecule has 0 saturated carbocycles. The SMILES string of the molecule is O=C(OCc1ccccc1)/C(CCc1ccc2ccccc2c1Br)=N/O. The molecule has 0 atom stereocenters. The Bertz CT molecular complexity index is 938. The van der Waals surface area contributed by atoms with Crippen LogP contribution in [0.25, 0.3) is 10.8 Å². The van der Waals surface area contributed by atoms with E-state index in [1.807, 2.05) is 66.7 Å². The molecule has 0 aliphatic rings. The predicted octanol–water partition coefficient (Wildman–Crippen LogP) is 5.11. The van der Waals surface area contributed by atoms with Crippen LogP contribution in [-0.4, -0.2) is 16.9 Å². The third-order valence-electron chi connectivity index (χ3n) is 4.14. The molecule has 3 aromatic carbocycles. The molecule has 0 aliphatic carbocycles. The van der Waals surface area contributed by atoms with E-state index in [2.05, 4.69) is 21.1 Å². The van der Waals surface area contributed by atoms with Crippen molar-refractivity contribution in [2.24, 2.45) is 5.16 Å². The van der Waals surface area contributed by atoms with E-state index in [9.17, 15) is 10.0 Å². The Morgan fingerprint density at radius 2 is 1.73 bits per heavy atom. The van der Waals surface area contributed by atoms with E-state index >= 15 is 0 Å². The van der Waals surface area contributed by atoms with E-state index in [0.29, 0.717) is 12.8 Å². The van der Waals surface area contributed by atoms with Crippen molar-refractivity contribution in [2.45, 2.75) is 19.4 Å². The second-order valence-electron chi connectivity index (χ2n) is 5.87. The second-order valence-corrected chi connectivity index (χ2v) is 6.66. The van der Waals surface area contributed by atoms with Crippen molar-refractivity contribution < 1.29 is 14.7 Å². The monoisotopic (exact) mass is 411 g/mol. The van der Waals surface area contributed by atoms with Crippen LogP contribution in [0.1, 0.15) is 17.5 Å². The number of nitrogens with zero attached hydrogens (tertiary/aromatic N) is 1. The lowest BCUT2D eigenvalue weighted by Gasteiger charge is -2.09. The molecule has 0 fully saturated rings. The van der Waals surface area contributed by atoms with Crippen LogP contribution in [0.2, 0.25) is 0 Å². The molecule has 0 bridgehead atoms. The summed E-state index contributed by atoms with van der Waals surface area (Å²) in [6, 6.07) is 21.5. The number of esters is 1. The highest BCUT2D eigenvalue weighted by Crippen LogP contribution is 2.28. The molecule has 0 aliphatic heterocycles. The highest BCUT2D eigenvalue weighted by molar-refractivity contribution is 9.10. The molecule has 0 radical (unpaired) electrons. The van der Waals surface area contributed by atoms with Crippen LogP contribution >= 0.6 is 15.9 Å². The van der Waals surface area contributed by atoms with Gasteiger partial charge in [-0.25, -0.2) is 4.79 Å².